The van der Waals surface area contributed by atoms with E-state index >= 15 is 9.18 Å². The van der Waals surface area contributed by atoms with E-state index in [1.54, 1.807) is 11.0 Å². The zero-order chi connectivity index (χ0) is 35.9. The highest BCUT2D eigenvalue weighted by Crippen LogP contribution is 2.45. The molecule has 1 aromatic carbocycles. The van der Waals surface area contributed by atoms with E-state index < -0.39 is 35.2 Å². The Morgan fingerprint density at radius 3 is 2.45 bits per heavy atom. The van der Waals surface area contributed by atoms with E-state index in [0.29, 0.717) is 51.1 Å². The van der Waals surface area contributed by atoms with E-state index in [0.717, 1.165) is 51.3 Å². The average molecular weight is 710 g/mol. The summed E-state index contributed by atoms with van der Waals surface area (Å²) in [5.41, 5.74) is -0.280. The molecule has 1 N–H and O–H groups in total. The van der Waals surface area contributed by atoms with E-state index in [9.17, 15) is 14.0 Å². The highest BCUT2D eigenvalue weighted by atomic mass is 19.1. The maximum atomic E-state index is 15.4. The van der Waals surface area contributed by atoms with Gasteiger partial charge in [0.1, 0.15) is 29.8 Å². The Bertz CT molecular complexity index is 1540. The molecule has 51 heavy (non-hydrogen) atoms. The lowest BCUT2D eigenvalue weighted by atomic mass is 9.72. The predicted molar refractivity (Wildman–Crippen MR) is 188 cm³/mol. The Kier molecular flexibility index (Phi) is 10.3. The van der Waals surface area contributed by atoms with Crippen LogP contribution >= 0.6 is 0 Å². The number of rotatable bonds is 7. The largest absolute Gasteiger partial charge is 0.368 e. The molecule has 278 valence electrons. The molecule has 1 saturated carbocycles. The number of piperazine rings is 1. The first-order valence-corrected chi connectivity index (χ1v) is 18.9. The third kappa shape index (κ3) is 7.10. The fourth-order valence-electron chi connectivity index (χ4n) is 9.33. The molecule has 1 aliphatic carbocycles. The van der Waals surface area contributed by atoms with Crippen LogP contribution < -0.4 is 5.32 Å². The second-order valence-electron chi connectivity index (χ2n) is 16.3. The molecule has 0 aromatic heterocycles. The van der Waals surface area contributed by atoms with Crippen molar-refractivity contribution in [2.75, 3.05) is 66.0 Å². The first kappa shape index (κ1) is 36.1. The molecule has 11 nitrogen and oxygen atoms in total. The maximum Gasteiger partial charge on any atom is 0.252 e. The molecular formula is C38H53F2N7O4. The topological polar surface area (TPSA) is 110 Å². The van der Waals surface area contributed by atoms with Crippen molar-refractivity contribution in [1.82, 2.24) is 24.9 Å². The Hall–Kier alpha value is -3.29. The molecule has 1 unspecified atom stereocenters. The van der Waals surface area contributed by atoms with Crippen LogP contribution in [0.1, 0.15) is 70.8 Å². The molecule has 4 saturated heterocycles. The second kappa shape index (κ2) is 14.6. The van der Waals surface area contributed by atoms with Crippen LogP contribution in [-0.4, -0.2) is 134 Å². The number of carbonyl (C=O) groups excluding carboxylic acids is 3. The summed E-state index contributed by atoms with van der Waals surface area (Å²) in [4.78, 5) is 52.1. The van der Waals surface area contributed by atoms with Gasteiger partial charge in [-0.2, -0.15) is 10.2 Å². The molecule has 3 amide bonds. The number of amides is 3. The van der Waals surface area contributed by atoms with Gasteiger partial charge < -0.3 is 29.7 Å². The Labute approximate surface area is 299 Å². The summed E-state index contributed by atoms with van der Waals surface area (Å²) in [6.45, 7) is 8.95. The quantitative estimate of drug-likeness (QED) is 0.461. The van der Waals surface area contributed by atoms with Crippen LogP contribution in [0.3, 0.4) is 0 Å². The van der Waals surface area contributed by atoms with Crippen molar-refractivity contribution >= 4 is 23.3 Å². The molecule has 0 radical (unpaired) electrons. The smallest absolute Gasteiger partial charge is 0.252 e. The fourth-order valence-corrected chi connectivity index (χ4v) is 9.33. The van der Waals surface area contributed by atoms with Crippen LogP contribution in [0.25, 0.3) is 5.57 Å². The maximum absolute atomic E-state index is 15.4. The molecule has 5 fully saturated rings. The average Bonchev–Trinajstić information content (AvgIpc) is 3.92. The lowest BCUT2D eigenvalue weighted by Crippen LogP contribution is -2.58. The predicted octanol–water partition coefficient (Wildman–Crippen LogP) is 3.88. The molecule has 5 heterocycles. The van der Waals surface area contributed by atoms with Gasteiger partial charge in [-0.15, -0.1) is 0 Å². The number of benzene rings is 1. The number of azo groups is 1. The number of halogens is 2. The van der Waals surface area contributed by atoms with Crippen LogP contribution in [0, 0.1) is 22.5 Å². The zero-order valence-corrected chi connectivity index (χ0v) is 30.3. The number of likely N-dealkylation sites (tertiary alicyclic amines) is 1. The molecule has 0 spiro atoms. The van der Waals surface area contributed by atoms with Crippen molar-refractivity contribution in [1.29, 1.82) is 0 Å². The van der Waals surface area contributed by atoms with E-state index in [1.807, 2.05) is 16.8 Å². The Balaban J connectivity index is 1.25. The molecule has 6 aliphatic rings. The van der Waals surface area contributed by atoms with E-state index in [4.69, 9.17) is 4.74 Å². The van der Waals surface area contributed by atoms with Crippen molar-refractivity contribution in [2.24, 2.45) is 21.1 Å². The van der Waals surface area contributed by atoms with Gasteiger partial charge in [-0.25, -0.2) is 8.78 Å². The summed E-state index contributed by atoms with van der Waals surface area (Å²) in [6.07, 6.45) is 7.21. The van der Waals surface area contributed by atoms with Crippen molar-refractivity contribution < 1.29 is 27.9 Å². The third-order valence-corrected chi connectivity index (χ3v) is 12.5. The van der Waals surface area contributed by atoms with Crippen molar-refractivity contribution in [3.8, 4) is 0 Å². The summed E-state index contributed by atoms with van der Waals surface area (Å²) < 4.78 is 35.3. The minimum Gasteiger partial charge on any atom is -0.368 e. The summed E-state index contributed by atoms with van der Waals surface area (Å²) in [6, 6.07) is 1.50. The van der Waals surface area contributed by atoms with Gasteiger partial charge >= 0.3 is 0 Å². The number of likely N-dealkylation sites (N-methyl/N-ethyl adjacent to an activating group) is 1. The number of carbonyl (C=O) groups is 3. The van der Waals surface area contributed by atoms with Crippen LogP contribution in [-0.2, 0) is 19.1 Å². The van der Waals surface area contributed by atoms with Gasteiger partial charge in [0, 0.05) is 63.5 Å². The Morgan fingerprint density at radius 2 is 1.78 bits per heavy atom. The lowest BCUT2D eigenvalue weighted by Gasteiger charge is -2.43. The first-order valence-electron chi connectivity index (χ1n) is 18.9. The highest BCUT2D eigenvalue weighted by molar-refractivity contribution is 5.94. The summed E-state index contributed by atoms with van der Waals surface area (Å²) in [5, 5.41) is 12.3. The second-order valence-corrected chi connectivity index (χ2v) is 16.3. The SMILES string of the molecule is CN1CCN(C(=O)[C@@H]2C[C@H](N(C(=O)[C@@H]3CCCO3)C3CCC(C)(C)CC3)CN2C(=O)[C@@]2(C3N=NCC=C3c3ccc(F)cc3F)CCNC2)CC1. The van der Waals surface area contributed by atoms with Crippen molar-refractivity contribution in [3.63, 3.8) is 0 Å². The standard InChI is InChI=1S/C38H53F2N7O4/c1-37(2)11-8-26(9-12-37)47(35(49)32-5-4-20-51-32)27-22-31(34(48)45-18-16-44(3)17-19-45)46(23-27)36(50)38(13-15-41-24-38)33-29(10-14-42-43-33)28-7-6-25(39)21-30(28)40/h6-7,10,21,26-27,31-33,41H,4-5,8-9,11-20,22-24H2,1-3H3/t27-,31-,32-,33?,38-/m0/s1. The summed E-state index contributed by atoms with van der Waals surface area (Å²) in [5.74, 6) is -1.77. The molecule has 5 atom stereocenters. The molecule has 1 aromatic rings. The molecule has 0 bridgehead atoms. The molecular weight excluding hydrogens is 656 g/mol. The number of ether oxygens (including phenoxy) is 1. The van der Waals surface area contributed by atoms with Gasteiger partial charge in [-0.05, 0) is 88.1 Å². The van der Waals surface area contributed by atoms with Crippen molar-refractivity contribution in [2.45, 2.75) is 95.5 Å². The molecule has 13 heteroatoms. The lowest BCUT2D eigenvalue weighted by molar-refractivity contribution is -0.151. The number of nitrogens with zero attached hydrogens (tertiary/aromatic N) is 6. The monoisotopic (exact) mass is 709 g/mol. The van der Waals surface area contributed by atoms with Crippen LogP contribution in [0.5, 0.6) is 0 Å². The van der Waals surface area contributed by atoms with Crippen LogP contribution in [0.2, 0.25) is 0 Å². The van der Waals surface area contributed by atoms with Crippen molar-refractivity contribution in [3.05, 3.63) is 41.5 Å². The third-order valence-electron chi connectivity index (χ3n) is 12.5. The Morgan fingerprint density at radius 1 is 1.02 bits per heavy atom. The van der Waals surface area contributed by atoms with E-state index in [2.05, 4.69) is 34.3 Å². The van der Waals surface area contributed by atoms with Gasteiger partial charge in [0.05, 0.1) is 18.0 Å². The van der Waals surface area contributed by atoms with Gasteiger partial charge in [0.15, 0.2) is 0 Å². The van der Waals surface area contributed by atoms with Crippen LogP contribution in [0.15, 0.2) is 34.5 Å². The normalized spacial score (nSPS) is 31.6. The van der Waals surface area contributed by atoms with E-state index in [-0.39, 0.29) is 60.4 Å². The first-order chi connectivity index (χ1) is 24.5. The van der Waals surface area contributed by atoms with Crippen LogP contribution in [0.4, 0.5) is 8.78 Å². The molecule has 5 aliphatic heterocycles. The van der Waals surface area contributed by atoms with Gasteiger partial charge in [-0.3, -0.25) is 14.4 Å². The van der Waals surface area contributed by atoms with Gasteiger partial charge in [0.25, 0.3) is 5.91 Å². The van der Waals surface area contributed by atoms with Gasteiger partial charge in [-0.1, -0.05) is 19.9 Å². The summed E-state index contributed by atoms with van der Waals surface area (Å²) in [7, 11) is 2.04. The number of hydrogen-bond acceptors (Lipinski definition) is 8. The van der Waals surface area contributed by atoms with E-state index in [1.165, 1.54) is 12.1 Å². The van der Waals surface area contributed by atoms with Gasteiger partial charge in [0.2, 0.25) is 11.8 Å². The zero-order valence-electron chi connectivity index (χ0n) is 30.3. The number of hydrogen-bond donors (Lipinski definition) is 1. The fraction of sp³-hybridized carbons (Fsp3) is 0.711. The molecule has 7 rings (SSSR count). The minimum atomic E-state index is -1.16. The number of nitrogens with one attached hydrogen (secondary N) is 1. The summed E-state index contributed by atoms with van der Waals surface area (Å²) >= 11 is 0. The highest BCUT2D eigenvalue weighted by Gasteiger charge is 2.57. The minimum absolute atomic E-state index is 0.000551.